The first-order valence-corrected chi connectivity index (χ1v) is 7.33. The van der Waals surface area contributed by atoms with E-state index in [2.05, 4.69) is 39.5 Å². The zero-order valence-corrected chi connectivity index (χ0v) is 13.0. The van der Waals surface area contributed by atoms with E-state index in [0.717, 1.165) is 19.3 Å². The second kappa shape index (κ2) is 8.58. The predicted molar refractivity (Wildman–Crippen MR) is 82.0 cm³/mol. The Morgan fingerprint density at radius 2 is 1.81 bits per heavy atom. The molecule has 0 bridgehead atoms. The van der Waals surface area contributed by atoms with Crippen molar-refractivity contribution in [2.45, 2.75) is 40.0 Å². The summed E-state index contributed by atoms with van der Waals surface area (Å²) >= 11 is 0. The Balaban J connectivity index is 2.81. The molecule has 5 N–H and O–H groups in total. The van der Waals surface area contributed by atoms with Crippen LogP contribution in [0.15, 0.2) is 0 Å². The number of anilines is 2. The van der Waals surface area contributed by atoms with Gasteiger partial charge in [0.15, 0.2) is 0 Å². The quantitative estimate of drug-likeness (QED) is 0.375. The van der Waals surface area contributed by atoms with Crippen LogP contribution in [-0.2, 0) is 0 Å². The molecule has 1 aromatic rings. The number of nitrogens with two attached hydrogens (primary N) is 1. The van der Waals surface area contributed by atoms with Crippen LogP contribution in [0.1, 0.15) is 40.0 Å². The molecule has 0 unspecified atom stereocenters. The monoisotopic (exact) mass is 298 g/mol. The lowest BCUT2D eigenvalue weighted by Gasteiger charge is -2.29. The van der Waals surface area contributed by atoms with E-state index in [0.29, 0.717) is 19.1 Å². The highest BCUT2D eigenvalue weighted by Gasteiger charge is 2.25. The van der Waals surface area contributed by atoms with Gasteiger partial charge < -0.3 is 15.2 Å². The average molecular weight is 298 g/mol. The maximum absolute atomic E-state index is 9.58. The predicted octanol–water partition coefficient (Wildman–Crippen LogP) is 1.16. The van der Waals surface area contributed by atoms with Crippen molar-refractivity contribution in [1.29, 1.82) is 0 Å². The Hall–Kier alpha value is -1.67. The topological polar surface area (TPSA) is 118 Å². The third-order valence-electron chi connectivity index (χ3n) is 3.64. The molecular formula is C13H26N6O2. The minimum Gasteiger partial charge on any atom is -0.463 e. The van der Waals surface area contributed by atoms with Crippen LogP contribution in [0, 0.1) is 5.41 Å². The van der Waals surface area contributed by atoms with Crippen molar-refractivity contribution in [3.05, 3.63) is 0 Å². The summed E-state index contributed by atoms with van der Waals surface area (Å²) in [5.74, 6) is 5.97. The van der Waals surface area contributed by atoms with Gasteiger partial charge in [-0.2, -0.15) is 15.0 Å². The molecule has 0 saturated carbocycles. The fourth-order valence-electron chi connectivity index (χ4n) is 1.80. The zero-order chi connectivity index (χ0) is 15.7. The van der Waals surface area contributed by atoms with Crippen molar-refractivity contribution in [3.8, 4) is 6.01 Å². The van der Waals surface area contributed by atoms with Crippen LogP contribution in [0.2, 0.25) is 0 Å². The fraction of sp³-hybridized carbons (Fsp3) is 0.769. The van der Waals surface area contributed by atoms with E-state index in [1.165, 1.54) is 0 Å². The number of aliphatic hydroxyl groups is 1. The number of hydrogen-bond acceptors (Lipinski definition) is 8. The van der Waals surface area contributed by atoms with Crippen LogP contribution < -0.4 is 21.3 Å². The molecule has 0 aliphatic rings. The van der Waals surface area contributed by atoms with Crippen molar-refractivity contribution < 1.29 is 9.84 Å². The molecule has 1 heterocycles. The molecule has 0 amide bonds. The molecule has 1 aromatic heterocycles. The summed E-state index contributed by atoms with van der Waals surface area (Å²) < 4.78 is 5.40. The molecular weight excluding hydrogens is 272 g/mol. The molecule has 120 valence electrons. The average Bonchev–Trinajstić information content (AvgIpc) is 2.54. The van der Waals surface area contributed by atoms with Crippen LogP contribution in [0.25, 0.3) is 0 Å². The van der Waals surface area contributed by atoms with Gasteiger partial charge in [-0.05, 0) is 19.3 Å². The van der Waals surface area contributed by atoms with Gasteiger partial charge in [-0.3, -0.25) is 5.43 Å². The second-order valence-corrected chi connectivity index (χ2v) is 4.98. The van der Waals surface area contributed by atoms with Crippen molar-refractivity contribution in [2.75, 3.05) is 30.5 Å². The normalized spacial score (nSPS) is 11.3. The highest BCUT2D eigenvalue weighted by molar-refractivity contribution is 5.35. The van der Waals surface area contributed by atoms with E-state index < -0.39 is 0 Å². The van der Waals surface area contributed by atoms with Gasteiger partial charge in [-0.15, -0.1) is 0 Å². The number of rotatable bonds is 10. The number of aliphatic hydroxyl groups excluding tert-OH is 1. The molecule has 0 radical (unpaired) electrons. The van der Waals surface area contributed by atoms with Gasteiger partial charge in [0.05, 0.1) is 13.2 Å². The third kappa shape index (κ3) is 4.98. The smallest absolute Gasteiger partial charge is 0.323 e. The van der Waals surface area contributed by atoms with E-state index >= 15 is 0 Å². The van der Waals surface area contributed by atoms with Gasteiger partial charge in [0.25, 0.3) is 0 Å². The Bertz CT molecular complexity index is 417. The lowest BCUT2D eigenvalue weighted by Crippen LogP contribution is -2.33. The number of hydrogen-bond donors (Lipinski definition) is 4. The summed E-state index contributed by atoms with van der Waals surface area (Å²) in [5.41, 5.74) is 2.20. The summed E-state index contributed by atoms with van der Waals surface area (Å²) in [4.78, 5) is 12.4. The van der Waals surface area contributed by atoms with Crippen LogP contribution in [0.4, 0.5) is 11.9 Å². The highest BCUT2D eigenvalue weighted by Crippen LogP contribution is 2.25. The van der Waals surface area contributed by atoms with Crippen LogP contribution >= 0.6 is 0 Å². The summed E-state index contributed by atoms with van der Waals surface area (Å²) in [6, 6.07) is 0.227. The molecule has 8 nitrogen and oxygen atoms in total. The first kappa shape index (κ1) is 17.4. The van der Waals surface area contributed by atoms with E-state index in [1.807, 2.05) is 6.92 Å². The van der Waals surface area contributed by atoms with Crippen molar-refractivity contribution in [3.63, 3.8) is 0 Å². The zero-order valence-electron chi connectivity index (χ0n) is 13.0. The van der Waals surface area contributed by atoms with Crippen LogP contribution in [-0.4, -0.2) is 39.8 Å². The highest BCUT2D eigenvalue weighted by atomic mass is 16.5. The van der Waals surface area contributed by atoms with Gasteiger partial charge >= 0.3 is 6.01 Å². The van der Waals surface area contributed by atoms with E-state index in [1.54, 1.807) is 0 Å². The summed E-state index contributed by atoms with van der Waals surface area (Å²) in [7, 11) is 0. The summed E-state index contributed by atoms with van der Waals surface area (Å²) in [6.45, 7) is 7.31. The van der Waals surface area contributed by atoms with E-state index in [4.69, 9.17) is 10.6 Å². The van der Waals surface area contributed by atoms with Gasteiger partial charge in [-0.1, -0.05) is 20.8 Å². The molecule has 0 spiro atoms. The van der Waals surface area contributed by atoms with Crippen molar-refractivity contribution in [1.82, 2.24) is 15.0 Å². The number of nitrogens with zero attached hydrogens (tertiary/aromatic N) is 3. The van der Waals surface area contributed by atoms with Crippen LogP contribution in [0.3, 0.4) is 0 Å². The number of hydrazine groups is 1. The number of nitrogens with one attached hydrogen (secondary N) is 2. The number of nitrogen functional groups attached to an aromatic ring is 1. The second-order valence-electron chi connectivity index (χ2n) is 4.98. The lowest BCUT2D eigenvalue weighted by molar-refractivity contribution is 0.127. The molecule has 0 aliphatic carbocycles. The lowest BCUT2D eigenvalue weighted by atomic mass is 9.83. The Morgan fingerprint density at radius 1 is 1.14 bits per heavy atom. The molecule has 8 heteroatoms. The largest absolute Gasteiger partial charge is 0.463 e. The molecule has 0 saturated heterocycles. The van der Waals surface area contributed by atoms with Crippen LogP contribution in [0.5, 0.6) is 6.01 Å². The Labute approximate surface area is 125 Å². The maximum Gasteiger partial charge on any atom is 0.323 e. The van der Waals surface area contributed by atoms with Crippen molar-refractivity contribution in [2.24, 2.45) is 11.3 Å². The minimum absolute atomic E-state index is 0.110. The van der Waals surface area contributed by atoms with E-state index in [9.17, 15) is 5.11 Å². The van der Waals surface area contributed by atoms with Gasteiger partial charge in [-0.25, -0.2) is 5.84 Å². The minimum atomic E-state index is -0.187. The molecule has 21 heavy (non-hydrogen) atoms. The fourth-order valence-corrected chi connectivity index (χ4v) is 1.80. The van der Waals surface area contributed by atoms with Crippen molar-refractivity contribution >= 4 is 11.9 Å². The van der Waals surface area contributed by atoms with Gasteiger partial charge in [0.2, 0.25) is 11.9 Å². The molecule has 0 atom stereocenters. The van der Waals surface area contributed by atoms with Gasteiger partial charge in [0.1, 0.15) is 0 Å². The third-order valence-corrected chi connectivity index (χ3v) is 3.64. The first-order chi connectivity index (χ1) is 10.1. The summed E-state index contributed by atoms with van der Waals surface area (Å²) in [6.07, 6.45) is 2.58. The number of aromatic nitrogens is 3. The Kier molecular flexibility index (Phi) is 7.10. The molecule has 0 aromatic carbocycles. The molecule has 1 rings (SSSR count). The standard InChI is InChI=1S/C13H26N6O2/c1-4-7-21-12-17-10(16-11(18-12)19-14)15-8-13(5-2,6-3)9-20/h20H,4-9,14H2,1-3H3,(H2,15,16,17,18,19). The molecule has 0 fully saturated rings. The van der Waals surface area contributed by atoms with E-state index in [-0.39, 0.29) is 24.0 Å². The van der Waals surface area contributed by atoms with Gasteiger partial charge in [0, 0.05) is 12.0 Å². The Morgan fingerprint density at radius 3 is 2.33 bits per heavy atom. The maximum atomic E-state index is 9.58. The summed E-state index contributed by atoms with van der Waals surface area (Å²) in [5, 5.41) is 12.7. The SMILES string of the molecule is CCCOc1nc(NN)nc(NCC(CC)(CC)CO)n1. The number of ether oxygens (including phenoxy) is 1. The first-order valence-electron chi connectivity index (χ1n) is 7.33. The molecule has 0 aliphatic heterocycles.